The van der Waals surface area contributed by atoms with Crippen LogP contribution in [0.3, 0.4) is 0 Å². The highest BCUT2D eigenvalue weighted by atomic mass is 15.2. The van der Waals surface area contributed by atoms with Crippen LogP contribution in [-0.4, -0.2) is 36.6 Å². The van der Waals surface area contributed by atoms with Crippen molar-refractivity contribution in [3.8, 4) is 0 Å². The van der Waals surface area contributed by atoms with E-state index in [1.165, 1.54) is 32.5 Å². The summed E-state index contributed by atoms with van der Waals surface area (Å²) in [7, 11) is 0. The van der Waals surface area contributed by atoms with E-state index in [4.69, 9.17) is 0 Å². The van der Waals surface area contributed by atoms with Gasteiger partial charge in [-0.15, -0.1) is 0 Å². The maximum atomic E-state index is 3.68. The van der Waals surface area contributed by atoms with Crippen molar-refractivity contribution in [2.75, 3.05) is 19.6 Å². The number of likely N-dealkylation sites (tertiary alicyclic amines) is 1. The Hall–Kier alpha value is -0.0800. The summed E-state index contributed by atoms with van der Waals surface area (Å²) in [6.07, 6.45) is 12.4. The molecule has 6 aliphatic rings. The Morgan fingerprint density at radius 1 is 1.00 bits per heavy atom. The second kappa shape index (κ2) is 4.71. The molecule has 1 N–H and O–H groups in total. The molecule has 3 atom stereocenters. The first-order valence-electron chi connectivity index (χ1n) is 9.70. The van der Waals surface area contributed by atoms with E-state index in [1.54, 1.807) is 38.5 Å². The summed E-state index contributed by atoms with van der Waals surface area (Å²) in [6.45, 7) is 6.55. The highest BCUT2D eigenvalue weighted by molar-refractivity contribution is 5.07. The number of nitrogens with one attached hydrogen (secondary N) is 1. The molecule has 0 amide bonds. The fourth-order valence-corrected chi connectivity index (χ4v) is 7.63. The summed E-state index contributed by atoms with van der Waals surface area (Å²) in [6, 6.07) is 1.71. The SMILES string of the molecule is CC(N1CCCC2CNCC21)C12CC3CC(CC(C3)C1)C2. The lowest BCUT2D eigenvalue weighted by Gasteiger charge is -2.61. The van der Waals surface area contributed by atoms with E-state index in [1.807, 2.05) is 0 Å². The van der Waals surface area contributed by atoms with Crippen molar-refractivity contribution in [3.05, 3.63) is 0 Å². The first-order valence-corrected chi connectivity index (χ1v) is 9.70. The Bertz CT molecular complexity index is 383. The van der Waals surface area contributed by atoms with Gasteiger partial charge in [0, 0.05) is 18.6 Å². The summed E-state index contributed by atoms with van der Waals surface area (Å²) >= 11 is 0. The third-order valence-electron chi connectivity index (χ3n) is 8.19. The molecule has 2 saturated heterocycles. The normalized spacial score (nSPS) is 53.9. The van der Waals surface area contributed by atoms with E-state index in [9.17, 15) is 0 Å². The quantitative estimate of drug-likeness (QED) is 0.839. The number of hydrogen-bond acceptors (Lipinski definition) is 2. The van der Waals surface area contributed by atoms with Gasteiger partial charge in [-0.2, -0.15) is 0 Å². The van der Waals surface area contributed by atoms with E-state index in [-0.39, 0.29) is 0 Å². The van der Waals surface area contributed by atoms with Crippen LogP contribution in [0.2, 0.25) is 0 Å². The van der Waals surface area contributed by atoms with Crippen LogP contribution in [0.15, 0.2) is 0 Å². The zero-order chi connectivity index (χ0) is 14.0. The van der Waals surface area contributed by atoms with Gasteiger partial charge in [0.05, 0.1) is 0 Å². The molecule has 21 heavy (non-hydrogen) atoms. The van der Waals surface area contributed by atoms with Gasteiger partial charge in [0.2, 0.25) is 0 Å². The molecule has 4 saturated carbocycles. The molecule has 0 radical (unpaired) electrons. The largest absolute Gasteiger partial charge is 0.315 e. The molecule has 6 rings (SSSR count). The van der Waals surface area contributed by atoms with Crippen molar-refractivity contribution in [2.24, 2.45) is 29.1 Å². The lowest BCUT2D eigenvalue weighted by molar-refractivity contribution is -0.110. The van der Waals surface area contributed by atoms with Gasteiger partial charge in [-0.05, 0) is 100 Å². The van der Waals surface area contributed by atoms with Crippen molar-refractivity contribution < 1.29 is 0 Å². The minimum Gasteiger partial charge on any atom is -0.315 e. The monoisotopic (exact) mass is 288 g/mol. The molecule has 0 spiro atoms. The van der Waals surface area contributed by atoms with Gasteiger partial charge in [-0.3, -0.25) is 4.90 Å². The summed E-state index contributed by atoms with van der Waals surface area (Å²) < 4.78 is 0. The van der Waals surface area contributed by atoms with E-state index >= 15 is 0 Å². The molecule has 0 aromatic rings. The lowest BCUT2D eigenvalue weighted by atomic mass is 9.47. The number of fused-ring (bicyclic) bond motifs is 1. The fourth-order valence-electron chi connectivity index (χ4n) is 7.63. The predicted octanol–water partition coefficient (Wildman–Crippen LogP) is 3.28. The van der Waals surface area contributed by atoms with Crippen molar-refractivity contribution in [3.63, 3.8) is 0 Å². The molecule has 2 aliphatic heterocycles. The Morgan fingerprint density at radius 3 is 2.33 bits per heavy atom. The average molecular weight is 288 g/mol. The van der Waals surface area contributed by atoms with E-state index in [0.717, 1.165) is 35.8 Å². The minimum absolute atomic E-state index is 0.708. The van der Waals surface area contributed by atoms with Crippen LogP contribution in [0.1, 0.15) is 58.3 Å². The first kappa shape index (κ1) is 13.4. The molecule has 2 heterocycles. The van der Waals surface area contributed by atoms with E-state index in [2.05, 4.69) is 17.1 Å². The van der Waals surface area contributed by atoms with Gasteiger partial charge >= 0.3 is 0 Å². The second-order valence-electron chi connectivity index (χ2n) is 9.32. The van der Waals surface area contributed by atoms with Gasteiger partial charge in [0.1, 0.15) is 0 Å². The maximum Gasteiger partial charge on any atom is 0.0264 e. The summed E-state index contributed by atoms with van der Waals surface area (Å²) in [4.78, 5) is 2.97. The van der Waals surface area contributed by atoms with Crippen LogP contribution < -0.4 is 5.32 Å². The molecule has 118 valence electrons. The highest BCUT2D eigenvalue weighted by Gasteiger charge is 2.55. The van der Waals surface area contributed by atoms with Crippen molar-refractivity contribution in [2.45, 2.75) is 70.4 Å². The summed E-state index contributed by atoms with van der Waals surface area (Å²) in [5, 5.41) is 3.68. The molecule has 4 aliphatic carbocycles. The fraction of sp³-hybridized carbons (Fsp3) is 1.00. The van der Waals surface area contributed by atoms with Crippen LogP contribution in [0.4, 0.5) is 0 Å². The smallest absolute Gasteiger partial charge is 0.0264 e. The second-order valence-corrected chi connectivity index (χ2v) is 9.32. The van der Waals surface area contributed by atoms with Crippen molar-refractivity contribution in [1.29, 1.82) is 0 Å². The zero-order valence-corrected chi connectivity index (χ0v) is 13.7. The number of hydrogen-bond donors (Lipinski definition) is 1. The van der Waals surface area contributed by atoms with Crippen LogP contribution >= 0.6 is 0 Å². The van der Waals surface area contributed by atoms with Gasteiger partial charge < -0.3 is 5.32 Å². The Kier molecular flexibility index (Phi) is 3.00. The molecular formula is C19H32N2. The lowest BCUT2D eigenvalue weighted by Crippen LogP contribution is -2.60. The minimum atomic E-state index is 0.708. The number of piperidine rings is 1. The van der Waals surface area contributed by atoms with Gasteiger partial charge in [-0.1, -0.05) is 0 Å². The van der Waals surface area contributed by atoms with Gasteiger partial charge in [0.25, 0.3) is 0 Å². The van der Waals surface area contributed by atoms with Crippen molar-refractivity contribution in [1.82, 2.24) is 10.2 Å². The van der Waals surface area contributed by atoms with Gasteiger partial charge in [-0.25, -0.2) is 0 Å². The van der Waals surface area contributed by atoms with E-state index in [0.29, 0.717) is 5.41 Å². The number of rotatable bonds is 2. The molecule has 2 heteroatoms. The molecule has 6 fully saturated rings. The summed E-state index contributed by atoms with van der Waals surface area (Å²) in [5.41, 5.74) is 0.708. The van der Waals surface area contributed by atoms with Crippen LogP contribution in [0.25, 0.3) is 0 Å². The summed E-state index contributed by atoms with van der Waals surface area (Å²) in [5.74, 6) is 4.25. The Morgan fingerprint density at radius 2 is 1.67 bits per heavy atom. The van der Waals surface area contributed by atoms with Crippen LogP contribution in [-0.2, 0) is 0 Å². The molecule has 3 unspecified atom stereocenters. The van der Waals surface area contributed by atoms with Crippen molar-refractivity contribution >= 4 is 0 Å². The predicted molar refractivity (Wildman–Crippen MR) is 86.2 cm³/mol. The third-order valence-corrected chi connectivity index (χ3v) is 8.19. The van der Waals surface area contributed by atoms with Crippen LogP contribution in [0.5, 0.6) is 0 Å². The van der Waals surface area contributed by atoms with Crippen LogP contribution in [0, 0.1) is 29.1 Å². The molecule has 0 aromatic heterocycles. The number of nitrogens with zero attached hydrogens (tertiary/aromatic N) is 1. The molecule has 4 bridgehead atoms. The Labute approximate surface area is 130 Å². The average Bonchev–Trinajstić information content (AvgIpc) is 2.93. The first-order chi connectivity index (χ1) is 10.2. The maximum absolute atomic E-state index is 3.68. The molecular weight excluding hydrogens is 256 g/mol. The van der Waals surface area contributed by atoms with Gasteiger partial charge in [0.15, 0.2) is 0 Å². The highest BCUT2D eigenvalue weighted by Crippen LogP contribution is 2.62. The zero-order valence-electron chi connectivity index (χ0n) is 13.7. The standard InChI is InChI=1S/C19H32N2/c1-13(21-4-2-3-17-11-20-12-18(17)21)19-8-14-5-15(9-19)7-16(6-14)10-19/h13-18,20H,2-12H2,1H3. The van der Waals surface area contributed by atoms with E-state index < -0.39 is 0 Å². The molecule has 2 nitrogen and oxygen atoms in total. The molecule has 0 aromatic carbocycles. The third kappa shape index (κ3) is 1.97. The topological polar surface area (TPSA) is 15.3 Å². The Balaban J connectivity index is 1.41.